The maximum absolute atomic E-state index is 6.04. The summed E-state index contributed by atoms with van der Waals surface area (Å²) in [4.78, 5) is 8.98. The normalized spacial score (nSPS) is 19.6. The van der Waals surface area contributed by atoms with Crippen molar-refractivity contribution in [2.75, 3.05) is 37.8 Å². The summed E-state index contributed by atoms with van der Waals surface area (Å²) in [5, 5.41) is 2.22. The van der Waals surface area contributed by atoms with Crippen molar-refractivity contribution in [2.24, 2.45) is 0 Å². The molecule has 0 amide bonds. The zero-order valence-corrected chi connectivity index (χ0v) is 12.2. The molecule has 3 rings (SSSR count). The Balaban J connectivity index is 1.91. The molecule has 1 unspecified atom stereocenters. The fourth-order valence-corrected chi connectivity index (χ4v) is 3.15. The number of hydrogen-bond donors (Lipinski definition) is 1. The fraction of sp³-hybridized carbons (Fsp3) is 0.438. The molecule has 1 aromatic carbocycles. The molecule has 2 aromatic rings. The Hall–Kier alpha value is -1.81. The monoisotopic (exact) mass is 270 g/mol. The number of fused-ring (bicyclic) bond motifs is 1. The summed E-state index contributed by atoms with van der Waals surface area (Å²) in [5.41, 5.74) is 8.07. The van der Waals surface area contributed by atoms with Gasteiger partial charge in [-0.1, -0.05) is 0 Å². The first-order chi connectivity index (χ1) is 9.66. The van der Waals surface area contributed by atoms with Gasteiger partial charge in [-0.15, -0.1) is 0 Å². The standard InChI is InChI=1S/C16H22N4/c1-19-9-3-4-12(19)11-20(2)16-6-5-15(17)14-10-18-8-7-13(14)16/h5-8,10,12H,3-4,9,11,17H2,1-2H3. The lowest BCUT2D eigenvalue weighted by Crippen LogP contribution is -2.36. The summed E-state index contributed by atoms with van der Waals surface area (Å²) in [6.45, 7) is 2.27. The van der Waals surface area contributed by atoms with Crippen LogP contribution in [0.1, 0.15) is 12.8 Å². The van der Waals surface area contributed by atoms with Crippen molar-refractivity contribution >= 4 is 22.1 Å². The number of aromatic nitrogens is 1. The summed E-state index contributed by atoms with van der Waals surface area (Å²) >= 11 is 0. The second-order valence-electron chi connectivity index (χ2n) is 5.75. The van der Waals surface area contributed by atoms with Gasteiger partial charge in [-0.2, -0.15) is 0 Å². The highest BCUT2D eigenvalue weighted by Gasteiger charge is 2.22. The molecule has 106 valence electrons. The molecule has 20 heavy (non-hydrogen) atoms. The predicted molar refractivity (Wildman–Crippen MR) is 85.1 cm³/mol. The Labute approximate surface area is 120 Å². The molecule has 1 fully saturated rings. The number of nitrogen functional groups attached to an aromatic ring is 1. The van der Waals surface area contributed by atoms with Crippen LogP contribution in [0.25, 0.3) is 10.8 Å². The number of rotatable bonds is 3. The van der Waals surface area contributed by atoms with Gasteiger partial charge in [0.2, 0.25) is 0 Å². The third kappa shape index (κ3) is 2.31. The molecule has 4 heteroatoms. The summed E-state index contributed by atoms with van der Waals surface area (Å²) in [5.74, 6) is 0. The van der Waals surface area contributed by atoms with Crippen molar-refractivity contribution in [3.8, 4) is 0 Å². The molecule has 0 radical (unpaired) electrons. The van der Waals surface area contributed by atoms with Crippen LogP contribution in [-0.4, -0.2) is 43.1 Å². The highest BCUT2D eigenvalue weighted by Crippen LogP contribution is 2.30. The number of nitrogens with two attached hydrogens (primary N) is 1. The molecule has 0 aliphatic carbocycles. The molecule has 0 spiro atoms. The lowest BCUT2D eigenvalue weighted by molar-refractivity contribution is 0.314. The molecule has 1 atom stereocenters. The summed E-state index contributed by atoms with van der Waals surface area (Å²) in [6, 6.07) is 6.80. The number of anilines is 2. The number of pyridine rings is 1. The first-order valence-corrected chi connectivity index (χ1v) is 7.20. The van der Waals surface area contributed by atoms with Gasteiger partial charge in [0.1, 0.15) is 0 Å². The minimum Gasteiger partial charge on any atom is -0.398 e. The summed E-state index contributed by atoms with van der Waals surface area (Å²) < 4.78 is 0. The van der Waals surface area contributed by atoms with E-state index >= 15 is 0 Å². The van der Waals surface area contributed by atoms with E-state index in [-0.39, 0.29) is 0 Å². The molecule has 0 saturated carbocycles. The van der Waals surface area contributed by atoms with Crippen molar-refractivity contribution in [1.82, 2.24) is 9.88 Å². The van der Waals surface area contributed by atoms with E-state index in [1.54, 1.807) is 0 Å². The van der Waals surface area contributed by atoms with Crippen molar-refractivity contribution in [3.05, 3.63) is 30.6 Å². The van der Waals surface area contributed by atoms with Gasteiger partial charge in [0, 0.05) is 54.2 Å². The predicted octanol–water partition coefficient (Wildman–Crippen LogP) is 2.35. The van der Waals surface area contributed by atoms with Crippen LogP contribution in [0, 0.1) is 0 Å². The summed E-state index contributed by atoms with van der Waals surface area (Å²) in [6.07, 6.45) is 6.28. The van der Waals surface area contributed by atoms with Gasteiger partial charge in [-0.05, 0) is 44.6 Å². The van der Waals surface area contributed by atoms with E-state index in [2.05, 4.69) is 41.0 Å². The van der Waals surface area contributed by atoms with E-state index in [1.165, 1.54) is 30.5 Å². The molecule has 1 aromatic heterocycles. The molecule has 1 aliphatic rings. The maximum atomic E-state index is 6.04. The van der Waals surface area contributed by atoms with E-state index in [0.29, 0.717) is 6.04 Å². The average Bonchev–Trinajstić information content (AvgIpc) is 2.85. The van der Waals surface area contributed by atoms with Gasteiger partial charge < -0.3 is 15.5 Å². The zero-order chi connectivity index (χ0) is 14.1. The van der Waals surface area contributed by atoms with Crippen LogP contribution in [0.15, 0.2) is 30.6 Å². The van der Waals surface area contributed by atoms with Gasteiger partial charge in [0.15, 0.2) is 0 Å². The molecule has 2 heterocycles. The molecule has 1 saturated heterocycles. The van der Waals surface area contributed by atoms with Crippen LogP contribution in [0.3, 0.4) is 0 Å². The van der Waals surface area contributed by atoms with Gasteiger partial charge in [-0.3, -0.25) is 4.98 Å². The number of hydrogen-bond acceptors (Lipinski definition) is 4. The van der Waals surface area contributed by atoms with Crippen LogP contribution in [0.4, 0.5) is 11.4 Å². The van der Waals surface area contributed by atoms with E-state index in [4.69, 9.17) is 5.73 Å². The number of benzene rings is 1. The van der Waals surface area contributed by atoms with E-state index in [0.717, 1.165) is 17.6 Å². The Kier molecular flexibility index (Phi) is 3.49. The third-order valence-corrected chi connectivity index (χ3v) is 4.40. The van der Waals surface area contributed by atoms with Crippen molar-refractivity contribution in [2.45, 2.75) is 18.9 Å². The lowest BCUT2D eigenvalue weighted by atomic mass is 10.1. The first-order valence-electron chi connectivity index (χ1n) is 7.20. The lowest BCUT2D eigenvalue weighted by Gasteiger charge is -2.28. The highest BCUT2D eigenvalue weighted by atomic mass is 15.2. The highest BCUT2D eigenvalue weighted by molar-refractivity contribution is 6.00. The van der Waals surface area contributed by atoms with Crippen LogP contribution in [-0.2, 0) is 0 Å². The molecular formula is C16H22N4. The van der Waals surface area contributed by atoms with E-state index in [9.17, 15) is 0 Å². The van der Waals surface area contributed by atoms with Crippen LogP contribution in [0.2, 0.25) is 0 Å². The van der Waals surface area contributed by atoms with Gasteiger partial charge in [0.05, 0.1) is 0 Å². The number of likely N-dealkylation sites (tertiary alicyclic amines) is 1. The Bertz CT molecular complexity index is 610. The topological polar surface area (TPSA) is 45.4 Å². The zero-order valence-electron chi connectivity index (χ0n) is 12.2. The second kappa shape index (κ2) is 5.29. The minimum atomic E-state index is 0.648. The Morgan fingerprint density at radius 2 is 2.20 bits per heavy atom. The molecule has 2 N–H and O–H groups in total. The van der Waals surface area contributed by atoms with Crippen molar-refractivity contribution in [1.29, 1.82) is 0 Å². The first kappa shape index (κ1) is 13.2. The molecule has 1 aliphatic heterocycles. The molecular weight excluding hydrogens is 248 g/mol. The number of likely N-dealkylation sites (N-methyl/N-ethyl adjacent to an activating group) is 2. The third-order valence-electron chi connectivity index (χ3n) is 4.40. The molecule has 0 bridgehead atoms. The second-order valence-corrected chi connectivity index (χ2v) is 5.75. The minimum absolute atomic E-state index is 0.648. The van der Waals surface area contributed by atoms with Gasteiger partial charge in [0.25, 0.3) is 0 Å². The average molecular weight is 270 g/mol. The SMILES string of the molecule is CN(CC1CCCN1C)c1ccc(N)c2cnccc12. The largest absolute Gasteiger partial charge is 0.398 e. The number of nitrogens with zero attached hydrogens (tertiary/aromatic N) is 3. The van der Waals surface area contributed by atoms with Crippen molar-refractivity contribution in [3.63, 3.8) is 0 Å². The fourth-order valence-electron chi connectivity index (χ4n) is 3.15. The van der Waals surface area contributed by atoms with Gasteiger partial charge in [-0.25, -0.2) is 0 Å². The van der Waals surface area contributed by atoms with Crippen LogP contribution >= 0.6 is 0 Å². The van der Waals surface area contributed by atoms with E-state index in [1.807, 2.05) is 18.5 Å². The van der Waals surface area contributed by atoms with Crippen LogP contribution < -0.4 is 10.6 Å². The molecule has 4 nitrogen and oxygen atoms in total. The van der Waals surface area contributed by atoms with E-state index < -0.39 is 0 Å². The van der Waals surface area contributed by atoms with Gasteiger partial charge >= 0.3 is 0 Å². The smallest absolute Gasteiger partial charge is 0.0446 e. The van der Waals surface area contributed by atoms with Crippen LogP contribution in [0.5, 0.6) is 0 Å². The quantitative estimate of drug-likeness (QED) is 0.870. The Morgan fingerprint density at radius 3 is 2.95 bits per heavy atom. The Morgan fingerprint density at radius 1 is 1.35 bits per heavy atom. The maximum Gasteiger partial charge on any atom is 0.0446 e. The van der Waals surface area contributed by atoms with Crippen molar-refractivity contribution < 1.29 is 0 Å². The summed E-state index contributed by atoms with van der Waals surface area (Å²) in [7, 11) is 4.38.